The van der Waals surface area contributed by atoms with Crippen molar-refractivity contribution in [3.05, 3.63) is 48.8 Å². The maximum absolute atomic E-state index is 12.4. The Morgan fingerprint density at radius 2 is 1.85 bits per heavy atom. The molecule has 2 aliphatic rings. The lowest BCUT2D eigenvalue weighted by atomic mass is 10.2. The van der Waals surface area contributed by atoms with Gasteiger partial charge in [0.15, 0.2) is 0 Å². The molecule has 0 unspecified atom stereocenters. The van der Waals surface area contributed by atoms with Crippen molar-refractivity contribution in [1.82, 2.24) is 19.1 Å². The zero-order valence-electron chi connectivity index (χ0n) is 14.2. The predicted octanol–water partition coefficient (Wildman–Crippen LogP) is 1.64. The third kappa shape index (κ3) is 2.48. The third-order valence-corrected chi connectivity index (χ3v) is 7.39. The van der Waals surface area contributed by atoms with Gasteiger partial charge in [0, 0.05) is 50.0 Å². The van der Waals surface area contributed by atoms with Crippen LogP contribution in [0.4, 0.5) is 5.82 Å². The minimum Gasteiger partial charge on any atom is -0.354 e. The number of hydrogen-bond donors (Lipinski definition) is 0. The number of anilines is 1. The molecule has 0 amide bonds. The molecule has 0 bridgehead atoms. The molecule has 5 rings (SSSR count). The van der Waals surface area contributed by atoms with E-state index >= 15 is 0 Å². The van der Waals surface area contributed by atoms with Gasteiger partial charge in [0.1, 0.15) is 11.1 Å². The van der Waals surface area contributed by atoms with Gasteiger partial charge in [-0.15, -0.1) is 0 Å². The molecule has 4 heterocycles. The predicted molar refractivity (Wildman–Crippen MR) is 100.0 cm³/mol. The Balaban J connectivity index is 1.36. The minimum absolute atomic E-state index is 0.317. The number of rotatable bonds is 4. The summed E-state index contributed by atoms with van der Waals surface area (Å²) in [6.07, 6.45) is 4.72. The molecule has 0 aliphatic carbocycles. The van der Waals surface area contributed by atoms with Crippen LogP contribution in [-0.2, 0) is 10.0 Å². The van der Waals surface area contributed by atoms with Crippen molar-refractivity contribution in [2.45, 2.75) is 11.7 Å². The summed E-state index contributed by atoms with van der Waals surface area (Å²) in [7, 11) is -3.14. The van der Waals surface area contributed by atoms with Crippen LogP contribution < -0.4 is 4.90 Å². The van der Waals surface area contributed by atoms with E-state index in [0.717, 1.165) is 28.8 Å². The summed E-state index contributed by atoms with van der Waals surface area (Å²) in [6, 6.07) is 11.9. The normalized spacial score (nSPS) is 18.7. The van der Waals surface area contributed by atoms with Crippen LogP contribution in [0.1, 0.15) is 6.42 Å². The lowest BCUT2D eigenvalue weighted by Gasteiger charge is -2.43. The molecular weight excluding hydrogens is 350 g/mol. The largest absolute Gasteiger partial charge is 0.354 e. The highest BCUT2D eigenvalue weighted by molar-refractivity contribution is 7.89. The van der Waals surface area contributed by atoms with Gasteiger partial charge < -0.3 is 4.90 Å². The van der Waals surface area contributed by atoms with Crippen LogP contribution in [0.3, 0.4) is 0 Å². The van der Waals surface area contributed by atoms with Gasteiger partial charge >= 0.3 is 0 Å². The average molecular weight is 369 g/mol. The average Bonchev–Trinajstić information content (AvgIpc) is 2.95. The number of aromatic nitrogens is 3. The smallest absolute Gasteiger partial charge is 0.220 e. The zero-order chi connectivity index (χ0) is 17.7. The Hall–Kier alpha value is -2.45. The van der Waals surface area contributed by atoms with Crippen LogP contribution in [-0.4, -0.2) is 58.9 Å². The molecule has 0 spiro atoms. The summed E-state index contributed by atoms with van der Waals surface area (Å²) in [4.78, 5) is 6.50. The van der Waals surface area contributed by atoms with Gasteiger partial charge in [-0.25, -0.2) is 22.4 Å². The van der Waals surface area contributed by atoms with Crippen LogP contribution in [0.2, 0.25) is 0 Å². The van der Waals surface area contributed by atoms with Crippen molar-refractivity contribution >= 4 is 26.7 Å². The van der Waals surface area contributed by atoms with Crippen LogP contribution in [0.15, 0.2) is 48.8 Å². The van der Waals surface area contributed by atoms with Gasteiger partial charge in [-0.05, 0) is 18.6 Å². The third-order valence-electron chi connectivity index (χ3n) is 5.16. The maximum Gasteiger partial charge on any atom is 0.220 e. The molecule has 1 aromatic carbocycles. The van der Waals surface area contributed by atoms with E-state index in [9.17, 15) is 8.42 Å². The molecule has 3 aromatic rings. The summed E-state index contributed by atoms with van der Waals surface area (Å²) >= 11 is 0. The van der Waals surface area contributed by atoms with Crippen LogP contribution in [0, 0.1) is 0 Å². The van der Waals surface area contributed by atoms with Crippen molar-refractivity contribution in [3.63, 3.8) is 0 Å². The van der Waals surface area contributed by atoms with E-state index < -0.39 is 10.0 Å². The lowest BCUT2D eigenvalue weighted by molar-refractivity contribution is 0.301. The zero-order valence-corrected chi connectivity index (χ0v) is 15.0. The summed E-state index contributed by atoms with van der Waals surface area (Å²) in [5, 5.41) is 5.27. The molecule has 2 aromatic heterocycles. The number of hydrogen-bond acceptors (Lipinski definition) is 5. The summed E-state index contributed by atoms with van der Waals surface area (Å²) in [6.45, 7) is 2.33. The molecule has 2 aliphatic heterocycles. The Kier molecular flexibility index (Phi) is 3.51. The number of benzene rings is 1. The highest BCUT2D eigenvalue weighted by atomic mass is 32.2. The van der Waals surface area contributed by atoms with Gasteiger partial charge in [0.25, 0.3) is 0 Å². The molecule has 2 saturated heterocycles. The maximum atomic E-state index is 12.4. The Bertz CT molecular complexity index is 1050. The molecule has 0 radical (unpaired) electrons. The second-order valence-electron chi connectivity index (χ2n) is 6.84. The van der Waals surface area contributed by atoms with Crippen molar-refractivity contribution in [2.75, 3.05) is 31.1 Å². The standard InChI is InChI=1S/C18H19N5O2S/c24-26(25,22-7-4-8-22)16-12-21(13-16)18-9-17-14(10-19-18)11-23(20-17)15-5-2-1-3-6-15/h1-3,5-6,9-11,16H,4,7-8,12-13H2. The first-order chi connectivity index (χ1) is 12.6. The first kappa shape index (κ1) is 15.8. The van der Waals surface area contributed by atoms with Gasteiger partial charge in [-0.1, -0.05) is 18.2 Å². The quantitative estimate of drug-likeness (QED) is 0.699. The molecule has 26 heavy (non-hydrogen) atoms. The van der Waals surface area contributed by atoms with Crippen molar-refractivity contribution in [1.29, 1.82) is 0 Å². The summed E-state index contributed by atoms with van der Waals surface area (Å²) < 4.78 is 28.2. The van der Waals surface area contributed by atoms with E-state index in [1.165, 1.54) is 0 Å². The van der Waals surface area contributed by atoms with Gasteiger partial charge in [0.05, 0.1) is 11.2 Å². The number of fused-ring (bicyclic) bond motifs is 1. The Labute approximate surface area is 151 Å². The number of para-hydroxylation sites is 1. The SMILES string of the molecule is O=S(=O)(C1CN(c2cc3nn(-c4ccccc4)cc3cn2)C1)N1CCC1. The molecule has 8 heteroatoms. The fraction of sp³-hybridized carbons (Fsp3) is 0.333. The summed E-state index contributed by atoms with van der Waals surface area (Å²) in [5.74, 6) is 0.783. The fourth-order valence-electron chi connectivity index (χ4n) is 3.36. The molecule has 0 saturated carbocycles. The molecule has 0 N–H and O–H groups in total. The molecule has 2 fully saturated rings. The molecule has 0 atom stereocenters. The van der Waals surface area contributed by atoms with Crippen LogP contribution >= 0.6 is 0 Å². The highest BCUT2D eigenvalue weighted by Crippen LogP contribution is 2.28. The van der Waals surface area contributed by atoms with Gasteiger partial charge in [0.2, 0.25) is 10.0 Å². The van der Waals surface area contributed by atoms with E-state index in [0.29, 0.717) is 26.2 Å². The van der Waals surface area contributed by atoms with Gasteiger partial charge in [-0.2, -0.15) is 5.10 Å². The number of sulfonamides is 1. The first-order valence-corrected chi connectivity index (χ1v) is 10.3. The van der Waals surface area contributed by atoms with Crippen LogP contribution in [0.25, 0.3) is 16.6 Å². The van der Waals surface area contributed by atoms with E-state index in [1.807, 2.05) is 52.2 Å². The van der Waals surface area contributed by atoms with Crippen molar-refractivity contribution in [2.24, 2.45) is 0 Å². The monoisotopic (exact) mass is 369 g/mol. The topological polar surface area (TPSA) is 71.3 Å². The van der Waals surface area contributed by atoms with Crippen LogP contribution in [0.5, 0.6) is 0 Å². The summed E-state index contributed by atoms with van der Waals surface area (Å²) in [5.41, 5.74) is 1.85. The fourth-order valence-corrected chi connectivity index (χ4v) is 5.28. The van der Waals surface area contributed by atoms with Crippen molar-refractivity contribution in [3.8, 4) is 5.69 Å². The van der Waals surface area contributed by atoms with Gasteiger partial charge in [-0.3, -0.25) is 0 Å². The highest BCUT2D eigenvalue weighted by Gasteiger charge is 2.43. The minimum atomic E-state index is -3.14. The molecule has 134 valence electrons. The van der Waals surface area contributed by atoms with Crippen molar-refractivity contribution < 1.29 is 8.42 Å². The van der Waals surface area contributed by atoms with E-state index in [4.69, 9.17) is 0 Å². The molecular formula is C18H19N5O2S. The molecule has 7 nitrogen and oxygen atoms in total. The second kappa shape index (κ2) is 5.78. The number of nitrogens with zero attached hydrogens (tertiary/aromatic N) is 5. The van der Waals surface area contributed by atoms with E-state index in [2.05, 4.69) is 10.1 Å². The number of pyridine rings is 1. The van der Waals surface area contributed by atoms with E-state index in [-0.39, 0.29) is 5.25 Å². The first-order valence-electron chi connectivity index (χ1n) is 8.76. The van der Waals surface area contributed by atoms with E-state index in [1.54, 1.807) is 10.5 Å². The Morgan fingerprint density at radius 1 is 1.08 bits per heavy atom. The Morgan fingerprint density at radius 3 is 2.54 bits per heavy atom. The second-order valence-corrected chi connectivity index (χ2v) is 9.05. The lowest BCUT2D eigenvalue weighted by Crippen LogP contribution is -2.60.